The first-order valence-corrected chi connectivity index (χ1v) is 23.9. The summed E-state index contributed by atoms with van der Waals surface area (Å²) in [5.74, 6) is -0.0505. The number of hydrogen-bond acceptors (Lipinski definition) is 8. The molecule has 0 aliphatic rings. The molecule has 0 aromatic rings. The molecule has 0 fully saturated rings. The Morgan fingerprint density at radius 2 is 0.796 bits per heavy atom. The van der Waals surface area contributed by atoms with Crippen LogP contribution < -0.4 is 0 Å². The quantitative estimate of drug-likeness (QED) is 0.0360. The van der Waals surface area contributed by atoms with Crippen LogP contribution in [0.15, 0.2) is 0 Å². The van der Waals surface area contributed by atoms with Crippen LogP contribution in [-0.2, 0) is 14.5 Å². The van der Waals surface area contributed by atoms with Gasteiger partial charge in [-0.15, -0.1) is 5.06 Å². The molecule has 0 heterocycles. The van der Waals surface area contributed by atoms with Crippen LogP contribution in [0.5, 0.6) is 0 Å². The van der Waals surface area contributed by atoms with Crippen LogP contribution in [0.1, 0.15) is 233 Å². The summed E-state index contributed by atoms with van der Waals surface area (Å²) in [5.41, 5.74) is 0. The van der Waals surface area contributed by atoms with Gasteiger partial charge in [-0.05, 0) is 70.9 Å². The lowest BCUT2D eigenvalue weighted by molar-refractivity contribution is -0.266. The molecule has 0 saturated heterocycles. The zero-order valence-corrected chi connectivity index (χ0v) is 36.8. The molecule has 2 N–H and O–H groups in total. The van der Waals surface area contributed by atoms with E-state index in [0.717, 1.165) is 104 Å². The Morgan fingerprint density at radius 3 is 1.22 bits per heavy atom. The smallest absolute Gasteiger partial charge is 0.325 e. The van der Waals surface area contributed by atoms with E-state index in [1.165, 1.54) is 141 Å². The summed E-state index contributed by atoms with van der Waals surface area (Å²) in [6.07, 6.45) is 36.5. The maximum atomic E-state index is 12.5. The van der Waals surface area contributed by atoms with Gasteiger partial charge in [-0.3, -0.25) is 9.63 Å². The minimum atomic E-state index is -0.673. The maximum Gasteiger partial charge on any atom is 0.325 e. The highest BCUT2D eigenvalue weighted by molar-refractivity contribution is 5.68. The highest BCUT2D eigenvalue weighted by Crippen LogP contribution is 2.15. The van der Waals surface area contributed by atoms with Gasteiger partial charge >= 0.3 is 5.97 Å². The second-order valence-electron chi connectivity index (χ2n) is 16.2. The molecule has 0 bridgehead atoms. The van der Waals surface area contributed by atoms with Crippen molar-refractivity contribution in [1.82, 2.24) is 15.0 Å². The van der Waals surface area contributed by atoms with Crippen molar-refractivity contribution in [2.75, 3.05) is 52.4 Å². The number of hydroxylamine groups is 4. The maximum absolute atomic E-state index is 12.5. The number of aliphatic hydroxyl groups excluding tert-OH is 2. The van der Waals surface area contributed by atoms with Crippen molar-refractivity contribution in [3.63, 3.8) is 0 Å². The molecule has 0 saturated carbocycles. The molecular formula is C46H95N3O5. The van der Waals surface area contributed by atoms with E-state index in [-0.39, 0.29) is 12.6 Å². The summed E-state index contributed by atoms with van der Waals surface area (Å²) in [6.45, 7) is 15.7. The Balaban J connectivity index is 3.93. The number of aliphatic hydroxyl groups is 2. The van der Waals surface area contributed by atoms with Gasteiger partial charge in [0, 0.05) is 39.1 Å². The topological polar surface area (TPSA) is 85.7 Å². The van der Waals surface area contributed by atoms with Crippen molar-refractivity contribution in [1.29, 1.82) is 0 Å². The van der Waals surface area contributed by atoms with Gasteiger partial charge in [0.05, 0.1) is 6.61 Å². The molecule has 0 rings (SSSR count). The van der Waals surface area contributed by atoms with Gasteiger partial charge in [0.2, 0.25) is 0 Å². The van der Waals surface area contributed by atoms with E-state index in [0.29, 0.717) is 6.42 Å². The van der Waals surface area contributed by atoms with Crippen molar-refractivity contribution >= 4 is 5.97 Å². The van der Waals surface area contributed by atoms with E-state index < -0.39 is 6.29 Å². The van der Waals surface area contributed by atoms with Gasteiger partial charge in [0.15, 0.2) is 6.29 Å². The van der Waals surface area contributed by atoms with Gasteiger partial charge in [-0.25, -0.2) is 0 Å². The van der Waals surface area contributed by atoms with Crippen molar-refractivity contribution in [3.05, 3.63) is 0 Å². The largest absolute Gasteiger partial charge is 0.395 e. The molecule has 1 atom stereocenters. The second-order valence-corrected chi connectivity index (χ2v) is 16.2. The van der Waals surface area contributed by atoms with Gasteiger partial charge in [-0.2, -0.15) is 5.06 Å². The summed E-state index contributed by atoms with van der Waals surface area (Å²) in [6, 6.07) is 0. The molecule has 0 aromatic heterocycles. The fourth-order valence-electron chi connectivity index (χ4n) is 7.20. The van der Waals surface area contributed by atoms with Crippen LogP contribution >= 0.6 is 0 Å². The zero-order chi connectivity index (χ0) is 39.6. The first-order valence-electron chi connectivity index (χ1n) is 23.9. The van der Waals surface area contributed by atoms with Crippen LogP contribution in [0, 0.1) is 0 Å². The minimum absolute atomic E-state index is 0.0505. The average Bonchev–Trinajstić information content (AvgIpc) is 3.16. The standard InChI is InChI=1S/C46H95N3O5/c1-5-9-13-31-39-48(40-32-14-10-6-2)53-45(51)35-27-23-19-17-21-25-29-37-47(43-44-50)38-30-26-22-18-20-24-28-36-46(52)54-49(41-33-15-11-7-3)42-34-16-12-8-4/h45,50-51H,5-44H2,1-4H3. The number of unbranched alkanes of at least 4 members (excludes halogenated alkanes) is 24. The molecule has 0 aliphatic heterocycles. The number of carbonyl (C=O) groups is 1. The Morgan fingerprint density at radius 1 is 0.444 bits per heavy atom. The predicted molar refractivity (Wildman–Crippen MR) is 230 cm³/mol. The lowest BCUT2D eigenvalue weighted by Gasteiger charge is -2.25. The SMILES string of the molecule is CCCCCCN(CCCCCC)OC(=O)CCCCCCCCCN(CCO)CCCCCCCCCC(O)ON(CCCCCC)CCCCCC. The molecule has 0 spiro atoms. The average molecular weight is 770 g/mol. The van der Waals surface area contributed by atoms with E-state index in [2.05, 4.69) is 32.6 Å². The van der Waals surface area contributed by atoms with Crippen LogP contribution in [0.4, 0.5) is 0 Å². The summed E-state index contributed by atoms with van der Waals surface area (Å²) < 4.78 is 0. The summed E-state index contributed by atoms with van der Waals surface area (Å²) in [5, 5.41) is 24.1. The predicted octanol–water partition coefficient (Wildman–Crippen LogP) is 12.2. The van der Waals surface area contributed by atoms with Gasteiger partial charge in [0.1, 0.15) is 0 Å². The Hall–Kier alpha value is -0.770. The van der Waals surface area contributed by atoms with Crippen molar-refractivity contribution in [2.24, 2.45) is 0 Å². The highest BCUT2D eigenvalue weighted by Gasteiger charge is 2.13. The minimum Gasteiger partial charge on any atom is -0.395 e. The van der Waals surface area contributed by atoms with Gasteiger partial charge < -0.3 is 20.0 Å². The summed E-state index contributed by atoms with van der Waals surface area (Å²) in [4.78, 5) is 26.7. The molecule has 0 amide bonds. The Labute approximate surface area is 336 Å². The van der Waals surface area contributed by atoms with Gasteiger partial charge in [0.25, 0.3) is 0 Å². The molecule has 54 heavy (non-hydrogen) atoms. The van der Waals surface area contributed by atoms with E-state index >= 15 is 0 Å². The van der Waals surface area contributed by atoms with Crippen LogP contribution in [-0.4, -0.2) is 89.9 Å². The fraction of sp³-hybridized carbons (Fsp3) is 0.978. The number of nitrogens with zero attached hydrogens (tertiary/aromatic N) is 3. The highest BCUT2D eigenvalue weighted by atomic mass is 16.8. The summed E-state index contributed by atoms with van der Waals surface area (Å²) in [7, 11) is 0. The normalized spacial score (nSPS) is 12.5. The molecule has 324 valence electrons. The molecular weight excluding hydrogens is 675 g/mol. The zero-order valence-electron chi connectivity index (χ0n) is 36.8. The summed E-state index contributed by atoms with van der Waals surface area (Å²) >= 11 is 0. The van der Waals surface area contributed by atoms with E-state index in [1.54, 1.807) is 0 Å². The fourth-order valence-corrected chi connectivity index (χ4v) is 7.20. The number of carbonyl (C=O) groups excluding carboxylic acids is 1. The van der Waals surface area contributed by atoms with Crippen LogP contribution in [0.25, 0.3) is 0 Å². The molecule has 0 radical (unpaired) electrons. The lowest BCUT2D eigenvalue weighted by atomic mass is 10.1. The first-order chi connectivity index (χ1) is 26.5. The number of hydrogen-bond donors (Lipinski definition) is 2. The van der Waals surface area contributed by atoms with Crippen molar-refractivity contribution in [2.45, 2.75) is 239 Å². The van der Waals surface area contributed by atoms with E-state index in [4.69, 9.17) is 9.68 Å². The first kappa shape index (κ1) is 53.2. The van der Waals surface area contributed by atoms with Gasteiger partial charge in [-0.1, -0.05) is 169 Å². The molecule has 8 nitrogen and oxygen atoms in total. The molecule has 8 heteroatoms. The third kappa shape index (κ3) is 38.1. The Bertz CT molecular complexity index is 721. The molecule has 1 unspecified atom stereocenters. The van der Waals surface area contributed by atoms with E-state index in [1.807, 2.05) is 10.1 Å². The van der Waals surface area contributed by atoms with Crippen molar-refractivity contribution < 1.29 is 24.7 Å². The lowest BCUT2D eigenvalue weighted by Crippen LogP contribution is -2.31. The van der Waals surface area contributed by atoms with Crippen molar-refractivity contribution in [3.8, 4) is 0 Å². The third-order valence-corrected chi connectivity index (χ3v) is 10.7. The third-order valence-electron chi connectivity index (χ3n) is 10.7. The van der Waals surface area contributed by atoms with E-state index in [9.17, 15) is 15.0 Å². The second kappa shape index (κ2) is 43.4. The monoisotopic (exact) mass is 770 g/mol. The van der Waals surface area contributed by atoms with Crippen LogP contribution in [0.3, 0.4) is 0 Å². The molecule has 0 aliphatic carbocycles. The molecule has 0 aromatic carbocycles. The van der Waals surface area contributed by atoms with Crippen LogP contribution in [0.2, 0.25) is 0 Å². The Kier molecular flexibility index (Phi) is 42.7. The number of rotatable bonds is 45.